The van der Waals surface area contributed by atoms with Crippen molar-refractivity contribution in [3.8, 4) is 0 Å². The van der Waals surface area contributed by atoms with Gasteiger partial charge in [0.05, 0.1) is 18.5 Å². The van der Waals surface area contributed by atoms with E-state index in [2.05, 4.69) is 15.4 Å². The molecule has 0 bridgehead atoms. The highest BCUT2D eigenvalue weighted by Crippen LogP contribution is 2.16. The van der Waals surface area contributed by atoms with Gasteiger partial charge in [-0.1, -0.05) is 12.1 Å². The average molecular weight is 262 g/mol. The molecule has 88 valence electrons. The molecule has 4 N–H and O–H groups in total. The summed E-state index contributed by atoms with van der Waals surface area (Å²) in [5.74, 6) is 0. The second kappa shape index (κ2) is 6.86. The highest BCUT2D eigenvalue weighted by molar-refractivity contribution is 7.80. The summed E-state index contributed by atoms with van der Waals surface area (Å²) in [4.78, 5) is 10.8. The number of carbonyl (C=O) groups is 1. The van der Waals surface area contributed by atoms with Crippen LogP contribution >= 0.6 is 24.6 Å². The molecule has 5 nitrogen and oxygen atoms in total. The van der Waals surface area contributed by atoms with Gasteiger partial charge in [0.2, 0.25) is 0 Å². The van der Waals surface area contributed by atoms with E-state index in [1.165, 1.54) is 7.11 Å². The monoisotopic (exact) mass is 261 g/mol. The third kappa shape index (κ3) is 4.33. The molecule has 0 saturated carbocycles. The first kappa shape index (κ1) is 14.5. The van der Waals surface area contributed by atoms with Gasteiger partial charge in [0, 0.05) is 0 Å². The summed E-state index contributed by atoms with van der Waals surface area (Å²) in [6.07, 6.45) is -0.623. The second-order valence-corrected chi connectivity index (χ2v) is 3.07. The highest BCUT2D eigenvalue weighted by atomic mass is 35.5. The number of benzene rings is 1. The Morgan fingerprint density at radius 1 is 1.44 bits per heavy atom. The summed E-state index contributed by atoms with van der Waals surface area (Å²) < 4.78 is 4.38. The van der Waals surface area contributed by atoms with Crippen LogP contribution in [0.3, 0.4) is 0 Å². The summed E-state index contributed by atoms with van der Waals surface area (Å²) in [6, 6.07) is 7.08. The lowest BCUT2D eigenvalue weighted by Gasteiger charge is -2.10. The Balaban J connectivity index is 0.00000225. The van der Waals surface area contributed by atoms with Crippen LogP contribution in [-0.4, -0.2) is 18.3 Å². The molecule has 0 atom stereocenters. The Morgan fingerprint density at radius 3 is 2.62 bits per heavy atom. The highest BCUT2D eigenvalue weighted by Gasteiger charge is 2.04. The Labute approximate surface area is 105 Å². The molecule has 1 amide bonds. The van der Waals surface area contributed by atoms with E-state index in [1.54, 1.807) is 24.3 Å². The summed E-state index contributed by atoms with van der Waals surface area (Å²) in [5.41, 5.74) is 6.85. The lowest BCUT2D eigenvalue weighted by Crippen LogP contribution is -2.34. The maximum Gasteiger partial charge on any atom is 0.413 e. The van der Waals surface area contributed by atoms with E-state index in [1.807, 2.05) is 0 Å². The maximum absolute atomic E-state index is 10.8. The molecule has 0 saturated heterocycles. The second-order valence-electron chi connectivity index (χ2n) is 2.66. The lowest BCUT2D eigenvalue weighted by atomic mass is 10.3. The fraction of sp³-hybridized carbons (Fsp3) is 0.111. The molecule has 0 fully saturated rings. The Kier molecular flexibility index (Phi) is 6.21. The van der Waals surface area contributed by atoms with Gasteiger partial charge in [0.15, 0.2) is 5.11 Å². The van der Waals surface area contributed by atoms with Gasteiger partial charge in [-0.2, -0.15) is 0 Å². The van der Waals surface area contributed by atoms with Crippen molar-refractivity contribution >= 4 is 47.2 Å². The smallest absolute Gasteiger partial charge is 0.413 e. The van der Waals surface area contributed by atoms with Gasteiger partial charge in [-0.25, -0.2) is 4.79 Å². The predicted molar refractivity (Wildman–Crippen MR) is 69.9 cm³/mol. The number of hydrogen-bond acceptors (Lipinski definition) is 4. The van der Waals surface area contributed by atoms with Crippen LogP contribution in [0.1, 0.15) is 0 Å². The van der Waals surface area contributed by atoms with Crippen LogP contribution in [0, 0.1) is 0 Å². The third-order valence-electron chi connectivity index (χ3n) is 1.61. The standard InChI is InChI=1S/C9H11N3O2S.ClH/c1-14-9(13)12-8(15)11-7-5-3-2-4-6(7)10;/h2-5H,10H2,1H3,(H2,11,12,13,15);1H. The quantitative estimate of drug-likeness (QED) is 0.530. The number of rotatable bonds is 1. The minimum Gasteiger partial charge on any atom is -0.453 e. The molecule has 0 spiro atoms. The van der Waals surface area contributed by atoms with E-state index in [0.717, 1.165) is 0 Å². The zero-order chi connectivity index (χ0) is 11.3. The van der Waals surface area contributed by atoms with Crippen LogP contribution in [-0.2, 0) is 4.74 Å². The van der Waals surface area contributed by atoms with Crippen LogP contribution < -0.4 is 16.4 Å². The number of thiocarbonyl (C=S) groups is 1. The fourth-order valence-corrected chi connectivity index (χ4v) is 1.10. The van der Waals surface area contributed by atoms with Gasteiger partial charge in [0.25, 0.3) is 0 Å². The molecule has 1 rings (SSSR count). The first-order valence-corrected chi connectivity index (χ1v) is 4.54. The molecular weight excluding hydrogens is 250 g/mol. The Hall–Kier alpha value is -1.53. The van der Waals surface area contributed by atoms with Crippen LogP contribution in [0.2, 0.25) is 0 Å². The number of nitrogen functional groups attached to an aromatic ring is 1. The van der Waals surface area contributed by atoms with Crippen LogP contribution in [0.25, 0.3) is 0 Å². The number of carbonyl (C=O) groups excluding carboxylic acids is 1. The molecule has 0 aliphatic carbocycles. The first-order valence-electron chi connectivity index (χ1n) is 4.14. The number of anilines is 2. The van der Waals surface area contributed by atoms with Crippen LogP contribution in [0.15, 0.2) is 24.3 Å². The van der Waals surface area contributed by atoms with Gasteiger partial charge in [0.1, 0.15) is 0 Å². The predicted octanol–water partition coefficient (Wildman–Crippen LogP) is 1.74. The van der Waals surface area contributed by atoms with E-state index in [9.17, 15) is 4.79 Å². The zero-order valence-electron chi connectivity index (χ0n) is 8.52. The number of amides is 1. The van der Waals surface area contributed by atoms with Crippen molar-refractivity contribution in [2.75, 3.05) is 18.2 Å². The summed E-state index contributed by atoms with van der Waals surface area (Å²) in [5, 5.41) is 5.22. The normalized spacial score (nSPS) is 8.56. The van der Waals surface area contributed by atoms with Gasteiger partial charge in [-0.15, -0.1) is 12.4 Å². The van der Waals surface area contributed by atoms with E-state index < -0.39 is 6.09 Å². The van der Waals surface area contributed by atoms with Crippen LogP contribution in [0.4, 0.5) is 16.2 Å². The van der Waals surface area contributed by atoms with Crippen molar-refractivity contribution in [3.05, 3.63) is 24.3 Å². The van der Waals surface area contributed by atoms with E-state index >= 15 is 0 Å². The molecule has 7 heteroatoms. The van der Waals surface area contributed by atoms with Crippen molar-refractivity contribution in [1.82, 2.24) is 5.32 Å². The molecular formula is C9H12ClN3O2S. The number of halogens is 1. The SMILES string of the molecule is COC(=O)NC(=S)Nc1ccccc1N.Cl. The van der Waals surface area contributed by atoms with Crippen molar-refractivity contribution in [2.24, 2.45) is 0 Å². The molecule has 0 heterocycles. The third-order valence-corrected chi connectivity index (χ3v) is 1.81. The molecule has 0 aromatic heterocycles. The minimum atomic E-state index is -0.623. The van der Waals surface area contributed by atoms with E-state index in [4.69, 9.17) is 18.0 Å². The molecule has 1 aromatic carbocycles. The molecule has 0 radical (unpaired) electrons. The molecule has 1 aromatic rings. The average Bonchev–Trinajstić information content (AvgIpc) is 2.21. The first-order chi connectivity index (χ1) is 7.13. The summed E-state index contributed by atoms with van der Waals surface area (Å²) in [6.45, 7) is 0. The topological polar surface area (TPSA) is 76.4 Å². The van der Waals surface area contributed by atoms with E-state index in [0.29, 0.717) is 11.4 Å². The molecule has 0 aliphatic heterocycles. The zero-order valence-corrected chi connectivity index (χ0v) is 10.2. The van der Waals surface area contributed by atoms with Gasteiger partial charge >= 0.3 is 6.09 Å². The van der Waals surface area contributed by atoms with Crippen LogP contribution in [0.5, 0.6) is 0 Å². The van der Waals surface area contributed by atoms with Crippen molar-refractivity contribution < 1.29 is 9.53 Å². The summed E-state index contributed by atoms with van der Waals surface area (Å²) in [7, 11) is 1.26. The van der Waals surface area contributed by atoms with Crippen molar-refractivity contribution in [1.29, 1.82) is 0 Å². The number of para-hydroxylation sites is 2. The lowest BCUT2D eigenvalue weighted by molar-refractivity contribution is 0.177. The Bertz CT molecular complexity index is 387. The minimum absolute atomic E-state index is 0. The fourth-order valence-electron chi connectivity index (χ4n) is 0.908. The van der Waals surface area contributed by atoms with Gasteiger partial charge in [-0.3, -0.25) is 5.32 Å². The number of alkyl carbamates (subject to hydrolysis) is 1. The number of nitrogens with two attached hydrogens (primary N) is 1. The van der Waals surface area contributed by atoms with Crippen molar-refractivity contribution in [2.45, 2.75) is 0 Å². The van der Waals surface area contributed by atoms with E-state index in [-0.39, 0.29) is 17.5 Å². The number of hydrogen-bond donors (Lipinski definition) is 3. The maximum atomic E-state index is 10.8. The van der Waals surface area contributed by atoms with Gasteiger partial charge < -0.3 is 15.8 Å². The number of nitrogens with one attached hydrogen (secondary N) is 2. The molecule has 0 aliphatic rings. The number of ether oxygens (including phenoxy) is 1. The number of methoxy groups -OCH3 is 1. The van der Waals surface area contributed by atoms with Crippen molar-refractivity contribution in [3.63, 3.8) is 0 Å². The Morgan fingerprint density at radius 2 is 2.06 bits per heavy atom. The van der Waals surface area contributed by atoms with Gasteiger partial charge in [-0.05, 0) is 24.4 Å². The molecule has 16 heavy (non-hydrogen) atoms. The largest absolute Gasteiger partial charge is 0.453 e. The molecule has 0 unspecified atom stereocenters. The summed E-state index contributed by atoms with van der Waals surface area (Å²) >= 11 is 4.86.